The van der Waals surface area contributed by atoms with Crippen LogP contribution in [-0.2, 0) is 9.53 Å². The molecule has 21 heavy (non-hydrogen) atoms. The predicted octanol–water partition coefficient (Wildman–Crippen LogP) is 0.715. The van der Waals surface area contributed by atoms with E-state index in [-0.39, 0.29) is 24.4 Å². The minimum atomic E-state index is -1.12. The van der Waals surface area contributed by atoms with Gasteiger partial charge in [-0.15, -0.1) is 0 Å². The van der Waals surface area contributed by atoms with E-state index in [9.17, 15) is 14.7 Å². The fourth-order valence-corrected chi connectivity index (χ4v) is 2.24. The Labute approximate surface area is 121 Å². The van der Waals surface area contributed by atoms with Crippen LogP contribution >= 0.6 is 0 Å². The number of methoxy groups -OCH3 is 1. The van der Waals surface area contributed by atoms with Crippen molar-refractivity contribution in [3.8, 4) is 11.5 Å². The number of hydrogen-bond acceptors (Lipinski definition) is 5. The van der Waals surface area contributed by atoms with Crippen molar-refractivity contribution in [2.24, 2.45) is 0 Å². The summed E-state index contributed by atoms with van der Waals surface area (Å²) in [5.41, 5.74) is 0.0765. The lowest BCUT2D eigenvalue weighted by atomic mass is 10.1. The summed E-state index contributed by atoms with van der Waals surface area (Å²) in [7, 11) is 1.46. The van der Waals surface area contributed by atoms with Gasteiger partial charge in [-0.1, -0.05) is 0 Å². The van der Waals surface area contributed by atoms with Gasteiger partial charge >= 0.3 is 5.97 Å². The van der Waals surface area contributed by atoms with Crippen LogP contribution in [0.1, 0.15) is 17.3 Å². The molecule has 1 saturated heterocycles. The molecular formula is C14H17NO6. The SMILES string of the molecule is COc1ccc(O)c(C(=O)N2CC(C(=O)O)O[C@H](C)C2)c1. The van der Waals surface area contributed by atoms with Gasteiger partial charge in [-0.05, 0) is 25.1 Å². The largest absolute Gasteiger partial charge is 0.507 e. The van der Waals surface area contributed by atoms with Crippen LogP contribution in [0.4, 0.5) is 0 Å². The molecule has 1 aromatic carbocycles. The van der Waals surface area contributed by atoms with E-state index in [1.54, 1.807) is 6.92 Å². The fraction of sp³-hybridized carbons (Fsp3) is 0.429. The van der Waals surface area contributed by atoms with Crippen LogP contribution in [0.3, 0.4) is 0 Å². The van der Waals surface area contributed by atoms with E-state index < -0.39 is 24.1 Å². The number of rotatable bonds is 3. The number of morpholine rings is 1. The summed E-state index contributed by atoms with van der Waals surface area (Å²) in [6.45, 7) is 1.90. The van der Waals surface area contributed by atoms with Crippen LogP contribution in [0.2, 0.25) is 0 Å². The van der Waals surface area contributed by atoms with Crippen molar-refractivity contribution in [1.82, 2.24) is 4.90 Å². The maximum atomic E-state index is 12.5. The number of aliphatic carboxylic acids is 1. The molecule has 1 aromatic rings. The Kier molecular flexibility index (Phi) is 4.32. The molecule has 1 aliphatic heterocycles. The Morgan fingerprint density at radius 3 is 2.71 bits per heavy atom. The van der Waals surface area contributed by atoms with Crippen molar-refractivity contribution < 1.29 is 29.3 Å². The molecule has 0 bridgehead atoms. The molecule has 1 amide bonds. The quantitative estimate of drug-likeness (QED) is 0.852. The molecule has 7 nitrogen and oxygen atoms in total. The van der Waals surface area contributed by atoms with Gasteiger partial charge in [-0.3, -0.25) is 4.79 Å². The van der Waals surface area contributed by atoms with Gasteiger partial charge in [-0.2, -0.15) is 0 Å². The molecule has 1 aliphatic rings. The van der Waals surface area contributed by atoms with Crippen molar-refractivity contribution in [3.05, 3.63) is 23.8 Å². The first kappa shape index (κ1) is 15.1. The van der Waals surface area contributed by atoms with Crippen LogP contribution in [0.5, 0.6) is 11.5 Å². The van der Waals surface area contributed by atoms with Crippen LogP contribution in [0, 0.1) is 0 Å². The number of amides is 1. The summed E-state index contributed by atoms with van der Waals surface area (Å²) in [5.74, 6) is -1.30. The van der Waals surface area contributed by atoms with Crippen molar-refractivity contribution >= 4 is 11.9 Å². The first-order valence-electron chi connectivity index (χ1n) is 6.47. The summed E-state index contributed by atoms with van der Waals surface area (Å²) in [6, 6.07) is 4.33. The van der Waals surface area contributed by atoms with Crippen LogP contribution in [-0.4, -0.2) is 59.4 Å². The molecule has 0 aromatic heterocycles. The van der Waals surface area contributed by atoms with Gasteiger partial charge in [-0.25, -0.2) is 4.79 Å². The third-order valence-electron chi connectivity index (χ3n) is 3.26. The number of ether oxygens (including phenoxy) is 2. The third kappa shape index (κ3) is 3.25. The zero-order chi connectivity index (χ0) is 15.6. The Balaban J connectivity index is 2.24. The zero-order valence-electron chi connectivity index (χ0n) is 11.8. The molecule has 1 heterocycles. The number of benzene rings is 1. The molecule has 0 spiro atoms. The summed E-state index contributed by atoms with van der Waals surface area (Å²) >= 11 is 0. The lowest BCUT2D eigenvalue weighted by Crippen LogP contribution is -2.51. The number of carboxylic acid groups (broad SMARTS) is 1. The predicted molar refractivity (Wildman–Crippen MR) is 72.5 cm³/mol. The summed E-state index contributed by atoms with van der Waals surface area (Å²) in [4.78, 5) is 24.9. The van der Waals surface area contributed by atoms with Crippen LogP contribution in [0.25, 0.3) is 0 Å². The van der Waals surface area contributed by atoms with E-state index in [1.807, 2.05) is 0 Å². The number of carbonyl (C=O) groups excluding carboxylic acids is 1. The first-order chi connectivity index (χ1) is 9.92. The van der Waals surface area contributed by atoms with E-state index >= 15 is 0 Å². The molecule has 2 N–H and O–H groups in total. The molecule has 0 aliphatic carbocycles. The summed E-state index contributed by atoms with van der Waals surface area (Å²) < 4.78 is 10.3. The number of carbonyl (C=O) groups is 2. The molecule has 1 unspecified atom stereocenters. The second-order valence-electron chi connectivity index (χ2n) is 4.87. The lowest BCUT2D eigenvalue weighted by Gasteiger charge is -2.35. The Morgan fingerprint density at radius 2 is 2.10 bits per heavy atom. The highest BCUT2D eigenvalue weighted by molar-refractivity contribution is 5.97. The standard InChI is InChI=1S/C14H17NO6/c1-8-6-15(7-12(21-8)14(18)19)13(17)10-5-9(20-2)3-4-11(10)16/h3-5,8,12,16H,6-7H2,1-2H3,(H,18,19)/t8-,12?/m1/s1. The van der Waals surface area contributed by atoms with Crippen LogP contribution < -0.4 is 4.74 Å². The number of nitrogens with zero attached hydrogens (tertiary/aromatic N) is 1. The van der Waals surface area contributed by atoms with Crippen molar-refractivity contribution in [3.63, 3.8) is 0 Å². The van der Waals surface area contributed by atoms with Gasteiger partial charge in [0.25, 0.3) is 5.91 Å². The van der Waals surface area contributed by atoms with E-state index in [2.05, 4.69) is 0 Å². The number of phenols is 1. The third-order valence-corrected chi connectivity index (χ3v) is 3.26. The second-order valence-corrected chi connectivity index (χ2v) is 4.87. The monoisotopic (exact) mass is 295 g/mol. The lowest BCUT2D eigenvalue weighted by molar-refractivity contribution is -0.160. The van der Waals surface area contributed by atoms with Crippen molar-refractivity contribution in [1.29, 1.82) is 0 Å². The molecule has 1 fully saturated rings. The normalized spacial score (nSPS) is 21.9. The average Bonchev–Trinajstić information content (AvgIpc) is 2.46. The number of hydrogen-bond donors (Lipinski definition) is 2. The number of phenolic OH excluding ortho intramolecular Hbond substituents is 1. The smallest absolute Gasteiger partial charge is 0.334 e. The van der Waals surface area contributed by atoms with E-state index in [0.717, 1.165) is 0 Å². The van der Waals surface area contributed by atoms with E-state index in [1.165, 1.54) is 30.2 Å². The molecule has 7 heteroatoms. The van der Waals surface area contributed by atoms with Gasteiger partial charge in [0, 0.05) is 6.54 Å². The maximum Gasteiger partial charge on any atom is 0.334 e. The minimum Gasteiger partial charge on any atom is -0.507 e. The van der Waals surface area contributed by atoms with E-state index in [0.29, 0.717) is 5.75 Å². The minimum absolute atomic E-state index is 0.0604. The maximum absolute atomic E-state index is 12.5. The molecule has 0 saturated carbocycles. The molecule has 114 valence electrons. The summed E-state index contributed by atoms with van der Waals surface area (Å²) in [5, 5.41) is 18.9. The highest BCUT2D eigenvalue weighted by atomic mass is 16.5. The topological polar surface area (TPSA) is 96.3 Å². The van der Waals surface area contributed by atoms with Crippen molar-refractivity contribution in [2.45, 2.75) is 19.1 Å². The highest BCUT2D eigenvalue weighted by Gasteiger charge is 2.33. The number of aromatic hydroxyl groups is 1. The van der Waals surface area contributed by atoms with Gasteiger partial charge in [0.1, 0.15) is 11.5 Å². The first-order valence-corrected chi connectivity index (χ1v) is 6.47. The highest BCUT2D eigenvalue weighted by Crippen LogP contribution is 2.25. The Bertz CT molecular complexity index is 558. The average molecular weight is 295 g/mol. The number of carboxylic acids is 1. The van der Waals surface area contributed by atoms with Gasteiger partial charge < -0.3 is 24.6 Å². The molecular weight excluding hydrogens is 278 g/mol. The van der Waals surface area contributed by atoms with E-state index in [4.69, 9.17) is 14.6 Å². The van der Waals surface area contributed by atoms with Gasteiger partial charge in [0.05, 0.1) is 25.3 Å². The van der Waals surface area contributed by atoms with Gasteiger partial charge in [0.15, 0.2) is 6.10 Å². The van der Waals surface area contributed by atoms with Crippen LogP contribution in [0.15, 0.2) is 18.2 Å². The second kappa shape index (κ2) is 6.01. The Hall–Kier alpha value is -2.28. The fourth-order valence-electron chi connectivity index (χ4n) is 2.24. The van der Waals surface area contributed by atoms with Gasteiger partial charge in [0.2, 0.25) is 0 Å². The molecule has 0 radical (unpaired) electrons. The summed E-state index contributed by atoms with van der Waals surface area (Å²) in [6.07, 6.45) is -1.46. The molecule has 2 atom stereocenters. The van der Waals surface area contributed by atoms with Crippen molar-refractivity contribution in [2.75, 3.05) is 20.2 Å². The Morgan fingerprint density at radius 1 is 1.38 bits per heavy atom. The molecule has 2 rings (SSSR count). The zero-order valence-corrected chi connectivity index (χ0v) is 11.8.